The minimum absolute atomic E-state index is 0.00236. The number of rotatable bonds is 5. The average Bonchev–Trinajstić information content (AvgIpc) is 2.30. The molecule has 1 aromatic carbocycles. The van der Waals surface area contributed by atoms with Crippen LogP contribution in [0.1, 0.15) is 12.5 Å². The third kappa shape index (κ3) is 3.03. The number of benzene rings is 1. The highest BCUT2D eigenvalue weighted by atomic mass is 16.6. The fraction of sp³-hybridized carbons (Fsp3) is 0.300. The Morgan fingerprint density at radius 3 is 2.56 bits per heavy atom. The number of hydrogen-bond donors (Lipinski definition) is 1. The van der Waals surface area contributed by atoms with Crippen molar-refractivity contribution < 1.29 is 14.9 Å². The molecule has 0 saturated heterocycles. The minimum Gasteiger partial charge on any atom is -0.411 e. The van der Waals surface area contributed by atoms with Crippen LogP contribution in [0, 0.1) is 10.1 Å². The van der Waals surface area contributed by atoms with Crippen LogP contribution >= 0.6 is 0 Å². The molecular weight excluding hydrogens is 212 g/mol. The highest BCUT2D eigenvalue weighted by Gasteiger charge is 2.08. The van der Waals surface area contributed by atoms with E-state index >= 15 is 0 Å². The molecule has 0 radical (unpaired) electrons. The van der Waals surface area contributed by atoms with Gasteiger partial charge in [-0.3, -0.25) is 10.1 Å². The van der Waals surface area contributed by atoms with Gasteiger partial charge in [-0.25, -0.2) is 0 Å². The van der Waals surface area contributed by atoms with E-state index in [0.29, 0.717) is 17.9 Å². The summed E-state index contributed by atoms with van der Waals surface area (Å²) in [7, 11) is 0. The number of non-ortho nitro benzene ring substituents is 1. The number of hydrogen-bond acceptors (Lipinski definition) is 5. The first kappa shape index (κ1) is 12.1. The van der Waals surface area contributed by atoms with E-state index in [4.69, 9.17) is 9.94 Å². The molecule has 1 N–H and O–H groups in total. The minimum atomic E-state index is -0.484. The highest BCUT2D eigenvalue weighted by Crippen LogP contribution is 2.12. The summed E-state index contributed by atoms with van der Waals surface area (Å²) in [6.07, 6.45) is 0. The Hall–Kier alpha value is -1.95. The van der Waals surface area contributed by atoms with Crippen LogP contribution in [0.15, 0.2) is 29.4 Å². The molecule has 0 aliphatic heterocycles. The monoisotopic (exact) mass is 224 g/mol. The van der Waals surface area contributed by atoms with Gasteiger partial charge in [0.2, 0.25) is 0 Å². The number of nitro benzene ring substituents is 1. The Kier molecular flexibility index (Phi) is 4.41. The summed E-state index contributed by atoms with van der Waals surface area (Å²) in [6.45, 7) is 2.50. The van der Waals surface area contributed by atoms with Crippen LogP contribution < -0.4 is 0 Å². The van der Waals surface area contributed by atoms with Gasteiger partial charge >= 0.3 is 0 Å². The van der Waals surface area contributed by atoms with Gasteiger partial charge in [-0.05, 0) is 19.1 Å². The molecule has 86 valence electrons. The summed E-state index contributed by atoms with van der Waals surface area (Å²) >= 11 is 0. The lowest BCUT2D eigenvalue weighted by molar-refractivity contribution is -0.384. The molecule has 16 heavy (non-hydrogen) atoms. The second-order valence-corrected chi connectivity index (χ2v) is 2.99. The lowest BCUT2D eigenvalue weighted by atomic mass is 10.1. The third-order valence-electron chi connectivity index (χ3n) is 1.97. The normalized spacial score (nSPS) is 11.4. The van der Waals surface area contributed by atoms with Crippen molar-refractivity contribution in [2.24, 2.45) is 5.16 Å². The van der Waals surface area contributed by atoms with Crippen LogP contribution in [0.5, 0.6) is 0 Å². The van der Waals surface area contributed by atoms with Crippen molar-refractivity contribution >= 4 is 11.4 Å². The molecule has 0 aliphatic rings. The summed E-state index contributed by atoms with van der Waals surface area (Å²) in [5.41, 5.74) is 0.941. The zero-order valence-corrected chi connectivity index (χ0v) is 8.79. The molecule has 0 unspecified atom stereocenters. The van der Waals surface area contributed by atoms with Crippen molar-refractivity contribution in [1.82, 2.24) is 0 Å². The first-order valence-electron chi connectivity index (χ1n) is 4.72. The fourth-order valence-electron chi connectivity index (χ4n) is 1.14. The molecule has 0 spiro atoms. The molecule has 6 heteroatoms. The zero-order chi connectivity index (χ0) is 12.0. The van der Waals surface area contributed by atoms with Crippen LogP contribution in [0.4, 0.5) is 5.69 Å². The Morgan fingerprint density at radius 1 is 1.50 bits per heavy atom. The molecule has 0 aromatic heterocycles. The number of ether oxygens (including phenoxy) is 1. The van der Waals surface area contributed by atoms with Crippen LogP contribution in [-0.2, 0) is 4.74 Å². The van der Waals surface area contributed by atoms with E-state index < -0.39 is 4.92 Å². The molecule has 0 amide bonds. The van der Waals surface area contributed by atoms with Gasteiger partial charge < -0.3 is 9.94 Å². The average molecular weight is 224 g/mol. The highest BCUT2D eigenvalue weighted by molar-refractivity contribution is 6.01. The van der Waals surface area contributed by atoms with E-state index in [0.717, 1.165) is 0 Å². The first-order chi connectivity index (χ1) is 7.69. The lowest BCUT2D eigenvalue weighted by Crippen LogP contribution is -2.10. The maximum absolute atomic E-state index is 10.4. The zero-order valence-electron chi connectivity index (χ0n) is 8.79. The van der Waals surface area contributed by atoms with Crippen molar-refractivity contribution in [3.8, 4) is 0 Å². The van der Waals surface area contributed by atoms with Crippen molar-refractivity contribution in [3.05, 3.63) is 39.9 Å². The number of oxime groups is 1. The van der Waals surface area contributed by atoms with Gasteiger partial charge in [0.25, 0.3) is 5.69 Å². The Bertz CT molecular complexity index is 386. The Labute approximate surface area is 92.3 Å². The number of nitro groups is 1. The van der Waals surface area contributed by atoms with Crippen molar-refractivity contribution in [2.75, 3.05) is 13.2 Å². The SMILES string of the molecule is CCOC/C(=N/O)c1ccc([N+](=O)[O-])cc1. The topological polar surface area (TPSA) is 85.0 Å². The van der Waals surface area contributed by atoms with E-state index in [9.17, 15) is 10.1 Å². The van der Waals surface area contributed by atoms with Gasteiger partial charge in [0, 0.05) is 24.3 Å². The summed E-state index contributed by atoms with van der Waals surface area (Å²) in [4.78, 5) is 9.94. The van der Waals surface area contributed by atoms with E-state index in [1.807, 2.05) is 6.92 Å². The van der Waals surface area contributed by atoms with Gasteiger partial charge in [-0.2, -0.15) is 0 Å². The van der Waals surface area contributed by atoms with Gasteiger partial charge in [-0.15, -0.1) is 0 Å². The second kappa shape index (κ2) is 5.82. The summed E-state index contributed by atoms with van der Waals surface area (Å²) < 4.78 is 5.09. The van der Waals surface area contributed by atoms with E-state index in [1.54, 1.807) is 0 Å². The Morgan fingerprint density at radius 2 is 2.12 bits per heavy atom. The van der Waals surface area contributed by atoms with Crippen LogP contribution in [0.2, 0.25) is 0 Å². The standard InChI is InChI=1S/C10H12N2O4/c1-2-16-7-10(11-13)8-3-5-9(6-4-8)12(14)15/h3-6,13H,2,7H2,1H3/b11-10-. The van der Waals surface area contributed by atoms with Crippen LogP contribution in [0.25, 0.3) is 0 Å². The molecule has 1 aromatic rings. The quantitative estimate of drug-likeness (QED) is 0.357. The largest absolute Gasteiger partial charge is 0.411 e. The molecule has 0 saturated carbocycles. The van der Waals surface area contributed by atoms with Crippen LogP contribution in [-0.4, -0.2) is 29.1 Å². The second-order valence-electron chi connectivity index (χ2n) is 2.99. The fourth-order valence-corrected chi connectivity index (χ4v) is 1.14. The van der Waals surface area contributed by atoms with E-state index in [2.05, 4.69) is 5.16 Å². The molecule has 1 rings (SSSR count). The smallest absolute Gasteiger partial charge is 0.269 e. The van der Waals surface area contributed by atoms with Crippen molar-refractivity contribution in [2.45, 2.75) is 6.92 Å². The molecule has 0 heterocycles. The molecule has 0 fully saturated rings. The van der Waals surface area contributed by atoms with E-state index in [-0.39, 0.29) is 12.3 Å². The van der Waals surface area contributed by atoms with Gasteiger partial charge in [0.1, 0.15) is 5.71 Å². The maximum atomic E-state index is 10.4. The maximum Gasteiger partial charge on any atom is 0.269 e. The molecule has 0 atom stereocenters. The Balaban J connectivity index is 2.83. The van der Waals surface area contributed by atoms with Gasteiger partial charge in [-0.1, -0.05) is 5.16 Å². The van der Waals surface area contributed by atoms with Gasteiger partial charge in [0.15, 0.2) is 0 Å². The molecular formula is C10H12N2O4. The lowest BCUT2D eigenvalue weighted by Gasteiger charge is -2.04. The van der Waals surface area contributed by atoms with Crippen LogP contribution in [0.3, 0.4) is 0 Å². The summed E-state index contributed by atoms with van der Waals surface area (Å²) in [5, 5.41) is 22.3. The van der Waals surface area contributed by atoms with Gasteiger partial charge in [0.05, 0.1) is 11.5 Å². The van der Waals surface area contributed by atoms with E-state index in [1.165, 1.54) is 24.3 Å². The summed E-state index contributed by atoms with van der Waals surface area (Å²) in [5.74, 6) is 0. The van der Waals surface area contributed by atoms with Crippen molar-refractivity contribution in [1.29, 1.82) is 0 Å². The molecule has 0 bridgehead atoms. The van der Waals surface area contributed by atoms with Crippen molar-refractivity contribution in [3.63, 3.8) is 0 Å². The predicted molar refractivity (Wildman–Crippen MR) is 57.9 cm³/mol. The predicted octanol–water partition coefficient (Wildman–Crippen LogP) is 1.81. The summed E-state index contributed by atoms with van der Waals surface area (Å²) in [6, 6.07) is 5.75. The number of nitrogens with zero attached hydrogens (tertiary/aromatic N) is 2. The third-order valence-corrected chi connectivity index (χ3v) is 1.97. The molecule has 0 aliphatic carbocycles. The molecule has 6 nitrogen and oxygen atoms in total. The first-order valence-corrected chi connectivity index (χ1v) is 4.72.